The Balaban J connectivity index is 1.57. The number of likely N-dealkylation sites (tertiary alicyclic amines) is 1. The van der Waals surface area contributed by atoms with Crippen molar-refractivity contribution in [2.75, 3.05) is 26.7 Å². The number of furan rings is 1. The number of hydrogen-bond acceptors (Lipinski definition) is 4. The van der Waals surface area contributed by atoms with Crippen molar-refractivity contribution in [3.63, 3.8) is 0 Å². The number of halogens is 1. The van der Waals surface area contributed by atoms with E-state index in [0.717, 1.165) is 25.9 Å². The molecule has 1 aromatic heterocycles. The molecule has 2 aliphatic heterocycles. The van der Waals surface area contributed by atoms with Gasteiger partial charge in [0.1, 0.15) is 0 Å². The van der Waals surface area contributed by atoms with Crippen LogP contribution >= 0.6 is 15.9 Å². The average molecular weight is 370 g/mol. The lowest BCUT2D eigenvalue weighted by atomic mass is 10.1. The van der Waals surface area contributed by atoms with Crippen molar-refractivity contribution in [2.45, 2.75) is 31.3 Å². The van der Waals surface area contributed by atoms with Crippen LogP contribution < -0.4 is 5.32 Å². The van der Waals surface area contributed by atoms with E-state index in [1.54, 1.807) is 19.2 Å². The first-order chi connectivity index (χ1) is 10.5. The Morgan fingerprint density at radius 2 is 2.14 bits per heavy atom. The van der Waals surface area contributed by atoms with Gasteiger partial charge in [-0.05, 0) is 47.3 Å². The molecule has 3 rings (SSSR count). The standard InChI is InChI=1S/C15H20BrN3O3/c1-18(15(21)12-4-5-13(16)22-12)9-14(20)19-7-6-10-2-3-11(8-19)17-10/h4-5,10-11,17H,2-3,6-9H2,1H3. The van der Waals surface area contributed by atoms with Crippen molar-refractivity contribution in [1.29, 1.82) is 0 Å². The van der Waals surface area contributed by atoms with Gasteiger partial charge in [0.05, 0.1) is 6.54 Å². The molecular weight excluding hydrogens is 350 g/mol. The van der Waals surface area contributed by atoms with E-state index in [1.807, 2.05) is 4.90 Å². The van der Waals surface area contributed by atoms with Crippen molar-refractivity contribution in [1.82, 2.24) is 15.1 Å². The molecule has 2 bridgehead atoms. The second-order valence-corrected chi connectivity index (χ2v) is 6.81. The van der Waals surface area contributed by atoms with Gasteiger partial charge in [-0.3, -0.25) is 9.59 Å². The summed E-state index contributed by atoms with van der Waals surface area (Å²) in [7, 11) is 1.62. The van der Waals surface area contributed by atoms with Crippen LogP contribution in [0.2, 0.25) is 0 Å². The zero-order chi connectivity index (χ0) is 15.7. The lowest BCUT2D eigenvalue weighted by molar-refractivity contribution is -0.131. The summed E-state index contributed by atoms with van der Waals surface area (Å²) in [5.41, 5.74) is 0. The van der Waals surface area contributed by atoms with Crippen LogP contribution in [0.25, 0.3) is 0 Å². The van der Waals surface area contributed by atoms with Gasteiger partial charge in [-0.25, -0.2) is 0 Å². The Labute approximate surface area is 137 Å². The number of nitrogens with one attached hydrogen (secondary N) is 1. The molecule has 2 atom stereocenters. The Bertz CT molecular complexity index is 574. The van der Waals surface area contributed by atoms with E-state index in [2.05, 4.69) is 21.2 Å². The molecule has 7 heteroatoms. The van der Waals surface area contributed by atoms with Gasteiger partial charge < -0.3 is 19.5 Å². The van der Waals surface area contributed by atoms with E-state index >= 15 is 0 Å². The third kappa shape index (κ3) is 3.35. The first kappa shape index (κ1) is 15.6. The number of carbonyl (C=O) groups excluding carboxylic acids is 2. The Kier molecular flexibility index (Phi) is 4.54. The minimum absolute atomic E-state index is 0.00387. The fourth-order valence-corrected chi connectivity index (χ4v) is 3.47. The normalized spacial score (nSPS) is 24.2. The number of likely N-dealkylation sites (N-methyl/N-ethyl adjacent to an activating group) is 1. The van der Waals surface area contributed by atoms with Crippen molar-refractivity contribution in [3.05, 3.63) is 22.6 Å². The number of fused-ring (bicyclic) bond motifs is 2. The largest absolute Gasteiger partial charge is 0.444 e. The van der Waals surface area contributed by atoms with E-state index in [4.69, 9.17) is 4.42 Å². The van der Waals surface area contributed by atoms with Crippen LogP contribution in [0, 0.1) is 0 Å². The van der Waals surface area contributed by atoms with Crippen molar-refractivity contribution in [3.8, 4) is 0 Å². The maximum absolute atomic E-state index is 12.4. The van der Waals surface area contributed by atoms with Crippen LogP contribution in [0.15, 0.2) is 21.2 Å². The van der Waals surface area contributed by atoms with Gasteiger partial charge in [-0.2, -0.15) is 0 Å². The minimum Gasteiger partial charge on any atom is -0.444 e. The molecule has 0 aromatic carbocycles. The van der Waals surface area contributed by atoms with Gasteiger partial charge in [0.15, 0.2) is 10.4 Å². The molecule has 1 aromatic rings. The molecule has 2 unspecified atom stereocenters. The van der Waals surface area contributed by atoms with Gasteiger partial charge >= 0.3 is 0 Å². The van der Waals surface area contributed by atoms with Crippen molar-refractivity contribution >= 4 is 27.7 Å². The van der Waals surface area contributed by atoms with Gasteiger partial charge in [0, 0.05) is 32.2 Å². The third-order valence-corrected chi connectivity index (χ3v) is 4.81. The first-order valence-corrected chi connectivity index (χ1v) is 8.37. The number of nitrogens with zero attached hydrogens (tertiary/aromatic N) is 2. The third-order valence-electron chi connectivity index (χ3n) is 4.38. The Morgan fingerprint density at radius 1 is 1.36 bits per heavy atom. The summed E-state index contributed by atoms with van der Waals surface area (Å²) in [6.07, 6.45) is 3.33. The zero-order valence-corrected chi connectivity index (χ0v) is 14.1. The molecule has 0 radical (unpaired) electrons. The summed E-state index contributed by atoms with van der Waals surface area (Å²) in [5.74, 6) is -0.0527. The van der Waals surface area contributed by atoms with Crippen LogP contribution in [0.4, 0.5) is 0 Å². The monoisotopic (exact) mass is 369 g/mol. The quantitative estimate of drug-likeness (QED) is 0.875. The molecule has 2 aliphatic rings. The second kappa shape index (κ2) is 6.42. The highest BCUT2D eigenvalue weighted by molar-refractivity contribution is 9.10. The number of amides is 2. The van der Waals surface area contributed by atoms with Crippen molar-refractivity contribution < 1.29 is 14.0 Å². The number of carbonyl (C=O) groups is 2. The van der Waals surface area contributed by atoms with Crippen LogP contribution in [0.5, 0.6) is 0 Å². The molecule has 0 saturated carbocycles. The highest BCUT2D eigenvalue weighted by Crippen LogP contribution is 2.20. The second-order valence-electron chi connectivity index (χ2n) is 6.03. The molecule has 0 aliphatic carbocycles. The summed E-state index contributed by atoms with van der Waals surface area (Å²) in [4.78, 5) is 27.9. The fourth-order valence-electron chi connectivity index (χ4n) is 3.16. The van der Waals surface area contributed by atoms with Crippen LogP contribution in [0.3, 0.4) is 0 Å². The van der Waals surface area contributed by atoms with E-state index in [0.29, 0.717) is 16.8 Å². The summed E-state index contributed by atoms with van der Waals surface area (Å²) < 4.78 is 5.75. The molecule has 22 heavy (non-hydrogen) atoms. The first-order valence-electron chi connectivity index (χ1n) is 7.57. The summed E-state index contributed by atoms with van der Waals surface area (Å²) in [6, 6.07) is 4.21. The highest BCUT2D eigenvalue weighted by atomic mass is 79.9. The lowest BCUT2D eigenvalue weighted by Crippen LogP contribution is -2.44. The van der Waals surface area contributed by atoms with E-state index in [9.17, 15) is 9.59 Å². The highest BCUT2D eigenvalue weighted by Gasteiger charge is 2.31. The summed E-state index contributed by atoms with van der Waals surface area (Å²) >= 11 is 3.17. The lowest BCUT2D eigenvalue weighted by Gasteiger charge is -2.26. The fraction of sp³-hybridized carbons (Fsp3) is 0.600. The van der Waals surface area contributed by atoms with Gasteiger partial charge in [0.2, 0.25) is 5.91 Å². The molecule has 3 heterocycles. The Hall–Kier alpha value is -1.34. The average Bonchev–Trinajstić information content (AvgIpc) is 3.03. The number of hydrogen-bond donors (Lipinski definition) is 1. The smallest absolute Gasteiger partial charge is 0.289 e. The molecule has 6 nitrogen and oxygen atoms in total. The van der Waals surface area contributed by atoms with Crippen LogP contribution in [-0.4, -0.2) is 60.4 Å². The number of rotatable bonds is 3. The zero-order valence-electron chi connectivity index (χ0n) is 12.5. The van der Waals surface area contributed by atoms with Crippen LogP contribution in [0.1, 0.15) is 29.8 Å². The predicted octanol–water partition coefficient (Wildman–Crippen LogP) is 1.47. The molecule has 2 saturated heterocycles. The minimum atomic E-state index is -0.284. The van der Waals surface area contributed by atoms with Crippen LogP contribution in [-0.2, 0) is 4.79 Å². The SMILES string of the molecule is CN(CC(=O)N1CCC2CCC(C1)N2)C(=O)c1ccc(Br)o1. The summed E-state index contributed by atoms with van der Waals surface area (Å²) in [6.45, 7) is 1.58. The Morgan fingerprint density at radius 3 is 2.86 bits per heavy atom. The molecular formula is C15H20BrN3O3. The van der Waals surface area contributed by atoms with E-state index in [-0.39, 0.29) is 24.1 Å². The molecule has 0 spiro atoms. The predicted molar refractivity (Wildman–Crippen MR) is 84.5 cm³/mol. The van der Waals surface area contributed by atoms with Crippen molar-refractivity contribution in [2.24, 2.45) is 0 Å². The topological polar surface area (TPSA) is 65.8 Å². The molecule has 2 amide bonds. The van der Waals surface area contributed by atoms with Gasteiger partial charge in [0.25, 0.3) is 5.91 Å². The molecule has 1 N–H and O–H groups in total. The van der Waals surface area contributed by atoms with E-state index in [1.165, 1.54) is 11.3 Å². The van der Waals surface area contributed by atoms with Gasteiger partial charge in [-0.1, -0.05) is 0 Å². The molecule has 2 fully saturated rings. The van der Waals surface area contributed by atoms with Gasteiger partial charge in [-0.15, -0.1) is 0 Å². The maximum atomic E-state index is 12.4. The maximum Gasteiger partial charge on any atom is 0.289 e. The molecule has 120 valence electrons. The van der Waals surface area contributed by atoms with E-state index < -0.39 is 0 Å². The summed E-state index contributed by atoms with van der Waals surface area (Å²) in [5, 5.41) is 3.55.